The molecule has 0 bridgehead atoms. The Morgan fingerprint density at radius 3 is 2.36 bits per heavy atom. The Balaban J connectivity index is 2.58. The number of sulfonamides is 1. The molecule has 0 aromatic rings. The zero-order valence-electron chi connectivity index (χ0n) is 6.12. The van der Waals surface area contributed by atoms with E-state index in [2.05, 4.69) is 0 Å². The van der Waals surface area contributed by atoms with E-state index in [1.807, 2.05) is 4.83 Å². The Hall–Kier alpha value is -0.170. The number of hydrogen-bond donors (Lipinski definition) is 2. The van der Waals surface area contributed by atoms with Gasteiger partial charge in [-0.2, -0.15) is 4.83 Å². The Labute approximate surface area is 65.9 Å². The summed E-state index contributed by atoms with van der Waals surface area (Å²) in [5.74, 6) is 4.86. The molecule has 11 heavy (non-hydrogen) atoms. The molecule has 1 rings (SSSR count). The molecule has 3 N–H and O–H groups in total. The van der Waals surface area contributed by atoms with Gasteiger partial charge in [-0.15, -0.1) is 0 Å². The minimum Gasteiger partial charge on any atom is -0.381 e. The summed E-state index contributed by atoms with van der Waals surface area (Å²) in [5, 5.41) is -0.374. The number of hydrogen-bond acceptors (Lipinski definition) is 4. The molecule has 0 aliphatic carbocycles. The summed E-state index contributed by atoms with van der Waals surface area (Å²) in [4.78, 5) is 1.83. The third-order valence-electron chi connectivity index (χ3n) is 1.77. The van der Waals surface area contributed by atoms with Gasteiger partial charge in [0.15, 0.2) is 0 Å². The van der Waals surface area contributed by atoms with Crippen molar-refractivity contribution in [3.8, 4) is 0 Å². The molecule has 0 atom stereocenters. The summed E-state index contributed by atoms with van der Waals surface area (Å²) >= 11 is 0. The van der Waals surface area contributed by atoms with Crippen LogP contribution in [0.2, 0.25) is 0 Å². The van der Waals surface area contributed by atoms with Gasteiger partial charge >= 0.3 is 0 Å². The number of hydrazine groups is 1. The van der Waals surface area contributed by atoms with Crippen molar-refractivity contribution in [2.45, 2.75) is 18.1 Å². The van der Waals surface area contributed by atoms with Crippen LogP contribution in [0.25, 0.3) is 0 Å². The minimum absolute atomic E-state index is 0.374. The monoisotopic (exact) mass is 180 g/mol. The molecule has 5 nitrogen and oxygen atoms in total. The molecule has 1 saturated heterocycles. The average Bonchev–Trinajstić information content (AvgIpc) is 2.06. The molecule has 0 aromatic heterocycles. The van der Waals surface area contributed by atoms with Crippen molar-refractivity contribution in [3.63, 3.8) is 0 Å². The maximum absolute atomic E-state index is 11.1. The van der Waals surface area contributed by atoms with E-state index in [9.17, 15) is 8.42 Å². The zero-order valence-corrected chi connectivity index (χ0v) is 6.93. The predicted octanol–water partition coefficient (Wildman–Crippen LogP) is -1.04. The van der Waals surface area contributed by atoms with Gasteiger partial charge in [0, 0.05) is 13.2 Å². The van der Waals surface area contributed by atoms with Gasteiger partial charge in [-0.25, -0.2) is 8.42 Å². The highest BCUT2D eigenvalue weighted by atomic mass is 32.2. The quantitative estimate of drug-likeness (QED) is 0.420. The molecule has 0 saturated carbocycles. The van der Waals surface area contributed by atoms with Gasteiger partial charge in [0.2, 0.25) is 10.0 Å². The second-order valence-corrected chi connectivity index (χ2v) is 4.47. The number of nitrogens with one attached hydrogen (secondary N) is 1. The first-order valence-electron chi connectivity index (χ1n) is 3.46. The van der Waals surface area contributed by atoms with Crippen LogP contribution < -0.4 is 10.7 Å². The van der Waals surface area contributed by atoms with E-state index in [0.29, 0.717) is 26.1 Å². The SMILES string of the molecule is NNS(=O)(=O)C1CCOCC1. The van der Waals surface area contributed by atoms with Gasteiger partial charge in [-0.05, 0) is 12.8 Å². The van der Waals surface area contributed by atoms with E-state index in [1.165, 1.54) is 0 Å². The van der Waals surface area contributed by atoms with E-state index in [0.717, 1.165) is 0 Å². The Bertz CT molecular complexity index is 208. The van der Waals surface area contributed by atoms with Crippen LogP contribution in [0, 0.1) is 0 Å². The van der Waals surface area contributed by atoms with E-state index in [1.54, 1.807) is 0 Å². The van der Waals surface area contributed by atoms with Crippen molar-refractivity contribution < 1.29 is 13.2 Å². The molecule has 1 fully saturated rings. The topological polar surface area (TPSA) is 81.4 Å². The van der Waals surface area contributed by atoms with Crippen molar-refractivity contribution in [1.29, 1.82) is 0 Å². The second-order valence-electron chi connectivity index (χ2n) is 2.47. The molecule has 1 aliphatic heterocycles. The molecule has 66 valence electrons. The van der Waals surface area contributed by atoms with Gasteiger partial charge in [0.25, 0.3) is 0 Å². The summed E-state index contributed by atoms with van der Waals surface area (Å²) < 4.78 is 27.1. The lowest BCUT2D eigenvalue weighted by Crippen LogP contribution is -2.41. The molecule has 0 spiro atoms. The zero-order chi connectivity index (χ0) is 8.32. The second kappa shape index (κ2) is 3.48. The fourth-order valence-corrected chi connectivity index (χ4v) is 2.09. The summed E-state index contributed by atoms with van der Waals surface area (Å²) in [6.45, 7) is 1.01. The standard InChI is InChI=1S/C5H12N2O3S/c6-7-11(8,9)5-1-3-10-4-2-5/h5,7H,1-4,6H2. The van der Waals surface area contributed by atoms with Gasteiger partial charge < -0.3 is 4.74 Å². The van der Waals surface area contributed by atoms with E-state index >= 15 is 0 Å². The van der Waals surface area contributed by atoms with Crippen molar-refractivity contribution in [2.24, 2.45) is 5.84 Å². The normalized spacial score (nSPS) is 21.9. The Morgan fingerprint density at radius 1 is 1.36 bits per heavy atom. The number of rotatable bonds is 2. The molecular formula is C5H12N2O3S. The number of ether oxygens (including phenoxy) is 1. The predicted molar refractivity (Wildman–Crippen MR) is 40.1 cm³/mol. The average molecular weight is 180 g/mol. The van der Waals surface area contributed by atoms with Crippen molar-refractivity contribution in [2.75, 3.05) is 13.2 Å². The van der Waals surface area contributed by atoms with Gasteiger partial charge in [0.05, 0.1) is 5.25 Å². The first kappa shape index (κ1) is 8.92. The fraction of sp³-hybridized carbons (Fsp3) is 1.00. The van der Waals surface area contributed by atoms with Gasteiger partial charge in [-0.1, -0.05) is 0 Å². The summed E-state index contributed by atoms with van der Waals surface area (Å²) in [6.07, 6.45) is 1.07. The molecule has 0 unspecified atom stereocenters. The Morgan fingerprint density at radius 2 is 1.91 bits per heavy atom. The maximum atomic E-state index is 11.1. The lowest BCUT2D eigenvalue weighted by Gasteiger charge is -2.20. The van der Waals surface area contributed by atoms with Crippen molar-refractivity contribution >= 4 is 10.0 Å². The fourth-order valence-electron chi connectivity index (χ4n) is 1.08. The molecule has 1 heterocycles. The first-order chi connectivity index (χ1) is 5.17. The van der Waals surface area contributed by atoms with E-state index in [-0.39, 0.29) is 5.25 Å². The third kappa shape index (κ3) is 2.13. The van der Waals surface area contributed by atoms with Crippen LogP contribution in [-0.2, 0) is 14.8 Å². The van der Waals surface area contributed by atoms with E-state index in [4.69, 9.17) is 10.6 Å². The molecule has 1 aliphatic rings. The third-order valence-corrected chi connectivity index (χ3v) is 3.45. The van der Waals surface area contributed by atoms with Crippen molar-refractivity contribution in [1.82, 2.24) is 4.83 Å². The molecule has 6 heteroatoms. The molecule has 0 radical (unpaired) electrons. The van der Waals surface area contributed by atoms with Crippen LogP contribution in [0.4, 0.5) is 0 Å². The van der Waals surface area contributed by atoms with Crippen LogP contribution in [0.5, 0.6) is 0 Å². The van der Waals surface area contributed by atoms with E-state index < -0.39 is 10.0 Å². The van der Waals surface area contributed by atoms with Crippen LogP contribution in [0.15, 0.2) is 0 Å². The number of nitrogens with two attached hydrogens (primary N) is 1. The molecule has 0 amide bonds. The largest absolute Gasteiger partial charge is 0.381 e. The lowest BCUT2D eigenvalue weighted by molar-refractivity contribution is 0.0981. The van der Waals surface area contributed by atoms with Crippen LogP contribution >= 0.6 is 0 Å². The van der Waals surface area contributed by atoms with Crippen LogP contribution in [-0.4, -0.2) is 26.9 Å². The van der Waals surface area contributed by atoms with Crippen molar-refractivity contribution in [3.05, 3.63) is 0 Å². The van der Waals surface area contributed by atoms with Crippen LogP contribution in [0.3, 0.4) is 0 Å². The summed E-state index contributed by atoms with van der Waals surface area (Å²) in [7, 11) is -3.27. The maximum Gasteiger partial charge on any atom is 0.227 e. The first-order valence-corrected chi connectivity index (χ1v) is 5.00. The van der Waals surface area contributed by atoms with Gasteiger partial charge in [-0.3, -0.25) is 5.84 Å². The van der Waals surface area contributed by atoms with Gasteiger partial charge in [0.1, 0.15) is 0 Å². The highest BCUT2D eigenvalue weighted by molar-refractivity contribution is 7.90. The Kier molecular flexibility index (Phi) is 2.83. The van der Waals surface area contributed by atoms with Crippen LogP contribution in [0.1, 0.15) is 12.8 Å². The highest BCUT2D eigenvalue weighted by Gasteiger charge is 2.26. The molecular weight excluding hydrogens is 168 g/mol. The highest BCUT2D eigenvalue weighted by Crippen LogP contribution is 2.13. The summed E-state index contributed by atoms with van der Waals surface area (Å²) in [5.41, 5.74) is 0. The smallest absolute Gasteiger partial charge is 0.227 e. The minimum atomic E-state index is -3.27. The molecule has 0 aromatic carbocycles. The summed E-state index contributed by atoms with van der Waals surface area (Å²) in [6, 6.07) is 0. The lowest BCUT2D eigenvalue weighted by atomic mass is 10.2.